The Hall–Kier alpha value is -3.41. The van der Waals surface area contributed by atoms with Gasteiger partial charge in [0, 0.05) is 37.3 Å². The van der Waals surface area contributed by atoms with Crippen LogP contribution in [0.25, 0.3) is 16.6 Å². The van der Waals surface area contributed by atoms with Gasteiger partial charge in [0.25, 0.3) is 0 Å². The number of anilines is 1. The lowest BCUT2D eigenvalue weighted by Crippen LogP contribution is -2.40. The molecule has 3 heterocycles. The van der Waals surface area contributed by atoms with Crippen LogP contribution in [0.2, 0.25) is 0 Å². The van der Waals surface area contributed by atoms with E-state index in [9.17, 15) is 9.18 Å². The van der Waals surface area contributed by atoms with Gasteiger partial charge < -0.3 is 14.6 Å². The maximum atomic E-state index is 13.8. The Labute approximate surface area is 174 Å². The summed E-state index contributed by atoms with van der Waals surface area (Å²) in [6, 6.07) is 18.8. The molecule has 1 aliphatic heterocycles. The van der Waals surface area contributed by atoms with Gasteiger partial charge in [-0.1, -0.05) is 30.3 Å². The van der Waals surface area contributed by atoms with Crippen molar-refractivity contribution in [3.05, 3.63) is 78.2 Å². The van der Waals surface area contributed by atoms with E-state index in [1.54, 1.807) is 18.2 Å². The van der Waals surface area contributed by atoms with E-state index in [1.165, 1.54) is 6.07 Å². The molecule has 1 amide bonds. The minimum Gasteiger partial charge on any atom is -0.355 e. The number of para-hydroxylation sites is 2. The van der Waals surface area contributed by atoms with Crippen LogP contribution in [0.15, 0.2) is 66.9 Å². The minimum atomic E-state index is -0.286. The van der Waals surface area contributed by atoms with E-state index >= 15 is 0 Å². The van der Waals surface area contributed by atoms with Gasteiger partial charge in [0.05, 0.1) is 16.6 Å². The monoisotopic (exact) mass is 402 g/mol. The lowest BCUT2D eigenvalue weighted by atomic mass is 9.95. The van der Waals surface area contributed by atoms with Crippen molar-refractivity contribution in [2.45, 2.75) is 19.4 Å². The second kappa shape index (κ2) is 7.78. The molecule has 5 rings (SSSR count). The van der Waals surface area contributed by atoms with E-state index in [2.05, 4.69) is 32.9 Å². The highest BCUT2D eigenvalue weighted by Gasteiger charge is 2.27. The highest BCUT2D eigenvalue weighted by Crippen LogP contribution is 2.29. The molecular formula is C24H23FN4O. The Morgan fingerprint density at radius 3 is 2.57 bits per heavy atom. The van der Waals surface area contributed by atoms with Crippen molar-refractivity contribution in [2.75, 3.05) is 18.0 Å². The number of nitrogens with one attached hydrogen (secondary N) is 1. The van der Waals surface area contributed by atoms with E-state index in [0.717, 1.165) is 48.3 Å². The first-order valence-corrected chi connectivity index (χ1v) is 10.3. The first kappa shape index (κ1) is 18.6. The zero-order valence-corrected chi connectivity index (χ0v) is 16.6. The Morgan fingerprint density at radius 2 is 1.73 bits per heavy atom. The highest BCUT2D eigenvalue weighted by atomic mass is 19.1. The summed E-state index contributed by atoms with van der Waals surface area (Å²) in [5.74, 6) is 0.614. The molecule has 0 spiro atoms. The van der Waals surface area contributed by atoms with Crippen LogP contribution in [0.4, 0.5) is 10.2 Å². The van der Waals surface area contributed by atoms with Gasteiger partial charge in [-0.25, -0.2) is 9.37 Å². The number of carbonyl (C=O) groups excluding carboxylic acids is 1. The van der Waals surface area contributed by atoms with Gasteiger partial charge >= 0.3 is 0 Å². The third-order valence-corrected chi connectivity index (χ3v) is 5.92. The van der Waals surface area contributed by atoms with Gasteiger partial charge in [-0.15, -0.1) is 0 Å². The number of rotatable bonds is 4. The molecule has 1 saturated heterocycles. The van der Waals surface area contributed by atoms with Gasteiger partial charge in [-0.05, 0) is 43.2 Å². The Balaban J connectivity index is 1.28. The highest BCUT2D eigenvalue weighted by molar-refractivity contribution is 5.85. The van der Waals surface area contributed by atoms with Crippen LogP contribution >= 0.6 is 0 Å². The summed E-state index contributed by atoms with van der Waals surface area (Å²) < 4.78 is 15.9. The molecule has 2 aromatic heterocycles. The van der Waals surface area contributed by atoms with Crippen molar-refractivity contribution in [3.8, 4) is 0 Å². The molecule has 2 aromatic carbocycles. The van der Waals surface area contributed by atoms with Crippen molar-refractivity contribution in [1.82, 2.24) is 14.7 Å². The number of benzene rings is 2. The maximum absolute atomic E-state index is 13.8. The summed E-state index contributed by atoms with van der Waals surface area (Å²) in [7, 11) is 0. The number of carbonyl (C=O) groups is 1. The number of piperidine rings is 1. The summed E-state index contributed by atoms with van der Waals surface area (Å²) in [6.45, 7) is 1.76. The average molecular weight is 402 g/mol. The molecule has 30 heavy (non-hydrogen) atoms. The fourth-order valence-electron chi connectivity index (χ4n) is 4.26. The van der Waals surface area contributed by atoms with Crippen LogP contribution in [-0.2, 0) is 11.3 Å². The molecule has 0 unspecified atom stereocenters. The molecular weight excluding hydrogens is 379 g/mol. The zero-order chi connectivity index (χ0) is 20.5. The van der Waals surface area contributed by atoms with E-state index in [0.29, 0.717) is 5.56 Å². The molecule has 0 saturated carbocycles. The predicted molar refractivity (Wildman–Crippen MR) is 116 cm³/mol. The lowest BCUT2D eigenvalue weighted by molar-refractivity contribution is -0.125. The third-order valence-electron chi connectivity index (χ3n) is 5.92. The van der Waals surface area contributed by atoms with Crippen LogP contribution in [0.1, 0.15) is 18.4 Å². The predicted octanol–water partition coefficient (Wildman–Crippen LogP) is 4.16. The molecule has 4 aromatic rings. The molecule has 0 bridgehead atoms. The molecule has 5 nitrogen and oxygen atoms in total. The second-order valence-electron chi connectivity index (χ2n) is 7.76. The van der Waals surface area contributed by atoms with Crippen LogP contribution in [0, 0.1) is 11.7 Å². The molecule has 0 radical (unpaired) electrons. The number of aromatic nitrogens is 2. The number of halogens is 1. The topological polar surface area (TPSA) is 49.6 Å². The summed E-state index contributed by atoms with van der Waals surface area (Å²) in [4.78, 5) is 19.8. The number of amides is 1. The number of nitrogens with zero attached hydrogens (tertiary/aromatic N) is 3. The van der Waals surface area contributed by atoms with Crippen molar-refractivity contribution >= 4 is 28.3 Å². The minimum absolute atomic E-state index is 0.00259. The standard InChI is InChI=1S/C24H23FN4O/c25-19-7-2-1-6-18(19)16-26-24(30)17-11-14-28(15-12-17)23-22-10-5-13-29(22)21-9-4-3-8-20(21)27-23/h1-10,13,17H,11-12,14-16H2,(H,26,30). The number of fused-ring (bicyclic) bond motifs is 3. The smallest absolute Gasteiger partial charge is 0.223 e. The Bertz CT molecular complexity index is 1210. The molecule has 0 atom stereocenters. The van der Waals surface area contributed by atoms with Crippen LogP contribution in [-0.4, -0.2) is 28.4 Å². The molecule has 1 fully saturated rings. The van der Waals surface area contributed by atoms with Crippen molar-refractivity contribution in [2.24, 2.45) is 5.92 Å². The summed E-state index contributed by atoms with van der Waals surface area (Å²) in [5, 5.41) is 2.90. The van der Waals surface area contributed by atoms with Gasteiger partial charge in [0.1, 0.15) is 5.82 Å². The number of hydrogen-bond acceptors (Lipinski definition) is 3. The Morgan fingerprint density at radius 1 is 1.00 bits per heavy atom. The van der Waals surface area contributed by atoms with Crippen LogP contribution in [0.5, 0.6) is 0 Å². The average Bonchev–Trinajstić information content (AvgIpc) is 3.28. The van der Waals surface area contributed by atoms with Gasteiger partial charge in [-0.2, -0.15) is 0 Å². The van der Waals surface area contributed by atoms with Crippen molar-refractivity contribution < 1.29 is 9.18 Å². The van der Waals surface area contributed by atoms with E-state index in [4.69, 9.17) is 4.98 Å². The fraction of sp³-hybridized carbons (Fsp3) is 0.250. The van der Waals surface area contributed by atoms with E-state index < -0.39 is 0 Å². The zero-order valence-electron chi connectivity index (χ0n) is 16.6. The maximum Gasteiger partial charge on any atom is 0.223 e. The van der Waals surface area contributed by atoms with Gasteiger partial charge in [0.15, 0.2) is 5.82 Å². The normalized spacial score (nSPS) is 15.0. The fourth-order valence-corrected chi connectivity index (χ4v) is 4.26. The molecule has 6 heteroatoms. The first-order chi connectivity index (χ1) is 14.7. The number of hydrogen-bond donors (Lipinski definition) is 1. The van der Waals surface area contributed by atoms with E-state index in [1.807, 2.05) is 24.3 Å². The second-order valence-corrected chi connectivity index (χ2v) is 7.76. The molecule has 1 N–H and O–H groups in total. The van der Waals surface area contributed by atoms with E-state index in [-0.39, 0.29) is 24.2 Å². The SMILES string of the molecule is O=C(NCc1ccccc1F)C1CCN(c2nc3ccccc3n3cccc23)CC1. The first-order valence-electron chi connectivity index (χ1n) is 10.3. The molecule has 0 aliphatic carbocycles. The van der Waals surface area contributed by atoms with Crippen LogP contribution in [0.3, 0.4) is 0 Å². The third kappa shape index (κ3) is 3.38. The van der Waals surface area contributed by atoms with Crippen LogP contribution < -0.4 is 10.2 Å². The summed E-state index contributed by atoms with van der Waals surface area (Å²) in [6.07, 6.45) is 3.57. The van der Waals surface area contributed by atoms with Gasteiger partial charge in [-0.3, -0.25) is 4.79 Å². The van der Waals surface area contributed by atoms with Gasteiger partial charge in [0.2, 0.25) is 5.91 Å². The summed E-state index contributed by atoms with van der Waals surface area (Å²) in [5.41, 5.74) is 3.64. The summed E-state index contributed by atoms with van der Waals surface area (Å²) >= 11 is 0. The molecule has 1 aliphatic rings. The largest absolute Gasteiger partial charge is 0.355 e. The Kier molecular flexibility index (Phi) is 4.83. The van der Waals surface area contributed by atoms with Crippen molar-refractivity contribution in [3.63, 3.8) is 0 Å². The van der Waals surface area contributed by atoms with Crippen molar-refractivity contribution in [1.29, 1.82) is 0 Å². The molecule has 152 valence electrons. The quantitative estimate of drug-likeness (QED) is 0.558. The lowest BCUT2D eigenvalue weighted by Gasteiger charge is -2.32.